The third kappa shape index (κ3) is 4.87. The molecule has 3 aromatic carbocycles. The fraction of sp³-hybridized carbons (Fsp3) is 0.148. The monoisotopic (exact) mass is 397 g/mol. The molecule has 1 heterocycles. The molecule has 0 aliphatic rings. The number of hydrogen-bond acceptors (Lipinski definition) is 2. The highest BCUT2D eigenvalue weighted by Crippen LogP contribution is 2.26. The maximum Gasteiger partial charge on any atom is 0.334 e. The summed E-state index contributed by atoms with van der Waals surface area (Å²) in [5.74, 6) is 3.58. The van der Waals surface area contributed by atoms with Crippen LogP contribution < -0.4 is 9.47 Å². The minimum absolute atomic E-state index is 0.723. The van der Waals surface area contributed by atoms with Crippen LogP contribution in [-0.4, -0.2) is 14.2 Å². The lowest BCUT2D eigenvalue weighted by Gasteiger charge is -2.04. The van der Waals surface area contributed by atoms with Gasteiger partial charge in [0.15, 0.2) is 0 Å². The van der Waals surface area contributed by atoms with Gasteiger partial charge >= 0.3 is 11.5 Å². The van der Waals surface area contributed by atoms with E-state index >= 15 is 0 Å². The topological polar surface area (TPSA) is 29.8 Å². The third-order valence-corrected chi connectivity index (χ3v) is 5.08. The van der Waals surface area contributed by atoms with E-state index in [2.05, 4.69) is 60.7 Å². The second-order valence-corrected chi connectivity index (χ2v) is 7.19. The van der Waals surface area contributed by atoms with Gasteiger partial charge in [-0.3, -0.25) is 0 Å². The molecule has 4 aromatic rings. The SMILES string of the molecule is COc1ccc(Cc2cc(-c3ccccc3)cc(Cc3ccc(OC)cc3)[o+]2)cc1. The van der Waals surface area contributed by atoms with Crippen LogP contribution in [0.15, 0.2) is 95.4 Å². The van der Waals surface area contributed by atoms with Gasteiger partial charge in [0.2, 0.25) is 0 Å². The van der Waals surface area contributed by atoms with E-state index in [0.29, 0.717) is 0 Å². The fourth-order valence-electron chi connectivity index (χ4n) is 3.48. The van der Waals surface area contributed by atoms with Crippen LogP contribution in [0.4, 0.5) is 0 Å². The smallest absolute Gasteiger partial charge is 0.334 e. The molecule has 0 fully saturated rings. The Bertz CT molecular complexity index is 1020. The molecule has 0 unspecified atom stereocenters. The number of methoxy groups -OCH3 is 2. The van der Waals surface area contributed by atoms with Crippen molar-refractivity contribution in [3.8, 4) is 22.6 Å². The standard InChI is InChI=1S/C27H25O3/c1-28-24-12-8-20(9-13-24)16-26-18-23(22-6-4-3-5-7-22)19-27(30-26)17-21-10-14-25(29-2)15-11-21/h3-15,18-19H,16-17H2,1-2H3/q+1. The normalized spacial score (nSPS) is 10.6. The summed E-state index contributed by atoms with van der Waals surface area (Å²) < 4.78 is 16.8. The minimum atomic E-state index is 0.723. The summed E-state index contributed by atoms with van der Waals surface area (Å²) in [5.41, 5.74) is 4.70. The Labute approximate surface area is 177 Å². The summed E-state index contributed by atoms with van der Waals surface area (Å²) in [6.45, 7) is 0. The molecule has 0 saturated carbocycles. The van der Waals surface area contributed by atoms with Crippen LogP contribution in [0.25, 0.3) is 11.1 Å². The molecule has 0 saturated heterocycles. The minimum Gasteiger partial charge on any atom is -0.497 e. The Balaban J connectivity index is 1.66. The lowest BCUT2D eigenvalue weighted by molar-refractivity contribution is 0.414. The van der Waals surface area contributed by atoms with Gasteiger partial charge in [-0.1, -0.05) is 54.6 Å². The molecule has 0 aliphatic carbocycles. The zero-order valence-corrected chi connectivity index (χ0v) is 17.3. The Morgan fingerprint density at radius 2 is 1.03 bits per heavy atom. The van der Waals surface area contributed by atoms with Crippen molar-refractivity contribution in [2.45, 2.75) is 12.8 Å². The van der Waals surface area contributed by atoms with Gasteiger partial charge in [-0.25, -0.2) is 4.42 Å². The highest BCUT2D eigenvalue weighted by molar-refractivity contribution is 5.63. The molecule has 30 heavy (non-hydrogen) atoms. The first-order valence-corrected chi connectivity index (χ1v) is 10.0. The summed E-state index contributed by atoms with van der Waals surface area (Å²) in [7, 11) is 3.36. The zero-order chi connectivity index (χ0) is 20.8. The largest absolute Gasteiger partial charge is 0.497 e. The van der Waals surface area contributed by atoms with Crippen LogP contribution in [0, 0.1) is 0 Å². The number of ether oxygens (including phenoxy) is 2. The zero-order valence-electron chi connectivity index (χ0n) is 17.3. The second kappa shape index (κ2) is 9.27. The Hall–Kier alpha value is -3.59. The van der Waals surface area contributed by atoms with Gasteiger partial charge in [0, 0.05) is 12.1 Å². The summed E-state index contributed by atoms with van der Waals surface area (Å²) in [6, 6.07) is 30.9. The van der Waals surface area contributed by atoms with E-state index in [0.717, 1.165) is 41.4 Å². The van der Waals surface area contributed by atoms with Crippen LogP contribution in [-0.2, 0) is 12.8 Å². The molecular weight excluding hydrogens is 372 g/mol. The van der Waals surface area contributed by atoms with E-state index in [1.54, 1.807) is 14.2 Å². The van der Waals surface area contributed by atoms with Crippen molar-refractivity contribution in [1.82, 2.24) is 0 Å². The first kappa shape index (κ1) is 19.7. The third-order valence-electron chi connectivity index (χ3n) is 5.08. The molecular formula is C27H25O3+. The van der Waals surface area contributed by atoms with Gasteiger partial charge in [0.1, 0.15) is 11.5 Å². The highest BCUT2D eigenvalue weighted by atomic mass is 16.5. The van der Waals surface area contributed by atoms with Crippen LogP contribution in [0.1, 0.15) is 22.6 Å². The van der Waals surface area contributed by atoms with E-state index in [1.165, 1.54) is 16.7 Å². The van der Waals surface area contributed by atoms with Crippen LogP contribution in [0.5, 0.6) is 11.5 Å². The van der Waals surface area contributed by atoms with E-state index in [9.17, 15) is 0 Å². The lowest BCUT2D eigenvalue weighted by atomic mass is 10.0. The summed E-state index contributed by atoms with van der Waals surface area (Å²) in [5, 5.41) is 0. The maximum absolute atomic E-state index is 6.30. The fourth-order valence-corrected chi connectivity index (χ4v) is 3.48. The van der Waals surface area contributed by atoms with Crippen LogP contribution in [0.3, 0.4) is 0 Å². The maximum atomic E-state index is 6.30. The van der Waals surface area contributed by atoms with E-state index < -0.39 is 0 Å². The first-order valence-electron chi connectivity index (χ1n) is 10.0. The molecule has 0 N–H and O–H groups in total. The van der Waals surface area contributed by atoms with Crippen molar-refractivity contribution in [2.24, 2.45) is 0 Å². The van der Waals surface area contributed by atoms with Crippen molar-refractivity contribution >= 4 is 0 Å². The van der Waals surface area contributed by atoms with Crippen LogP contribution in [0.2, 0.25) is 0 Å². The molecule has 3 nitrogen and oxygen atoms in total. The van der Waals surface area contributed by atoms with Crippen LogP contribution >= 0.6 is 0 Å². The van der Waals surface area contributed by atoms with Crippen molar-refractivity contribution in [3.05, 3.63) is 114 Å². The first-order chi connectivity index (χ1) is 14.7. The van der Waals surface area contributed by atoms with Gasteiger partial charge in [-0.2, -0.15) is 0 Å². The van der Waals surface area contributed by atoms with Gasteiger partial charge in [0.25, 0.3) is 0 Å². The van der Waals surface area contributed by atoms with Gasteiger partial charge in [0.05, 0.1) is 27.1 Å². The predicted octanol–water partition coefficient (Wildman–Crippen LogP) is 6.43. The second-order valence-electron chi connectivity index (χ2n) is 7.19. The van der Waals surface area contributed by atoms with Crippen molar-refractivity contribution in [3.63, 3.8) is 0 Å². The lowest BCUT2D eigenvalue weighted by Crippen LogP contribution is -1.95. The van der Waals surface area contributed by atoms with Crippen molar-refractivity contribution < 1.29 is 13.9 Å². The molecule has 0 bridgehead atoms. The molecule has 4 rings (SSSR count). The Morgan fingerprint density at radius 3 is 1.47 bits per heavy atom. The molecule has 3 heteroatoms. The average molecular weight is 397 g/mol. The number of benzene rings is 3. The van der Waals surface area contributed by atoms with Crippen molar-refractivity contribution in [1.29, 1.82) is 0 Å². The predicted molar refractivity (Wildman–Crippen MR) is 120 cm³/mol. The van der Waals surface area contributed by atoms with Gasteiger partial charge < -0.3 is 9.47 Å². The number of rotatable bonds is 7. The molecule has 150 valence electrons. The molecule has 0 spiro atoms. The van der Waals surface area contributed by atoms with E-state index in [-0.39, 0.29) is 0 Å². The van der Waals surface area contributed by atoms with Gasteiger partial charge in [-0.15, -0.1) is 0 Å². The highest BCUT2D eigenvalue weighted by Gasteiger charge is 2.18. The Kier molecular flexibility index (Phi) is 6.09. The van der Waals surface area contributed by atoms with E-state index in [1.807, 2.05) is 30.3 Å². The molecule has 1 aromatic heterocycles. The quantitative estimate of drug-likeness (QED) is 0.337. The Morgan fingerprint density at radius 1 is 0.567 bits per heavy atom. The van der Waals surface area contributed by atoms with E-state index in [4.69, 9.17) is 13.9 Å². The molecule has 0 atom stereocenters. The summed E-state index contributed by atoms with van der Waals surface area (Å²) >= 11 is 0. The summed E-state index contributed by atoms with van der Waals surface area (Å²) in [4.78, 5) is 0. The molecule has 0 aliphatic heterocycles. The summed E-state index contributed by atoms with van der Waals surface area (Å²) in [6.07, 6.45) is 1.45. The molecule has 0 amide bonds. The van der Waals surface area contributed by atoms with Gasteiger partial charge in [-0.05, 0) is 46.5 Å². The van der Waals surface area contributed by atoms with Crippen molar-refractivity contribution in [2.75, 3.05) is 14.2 Å². The average Bonchev–Trinajstić information content (AvgIpc) is 2.80. The number of hydrogen-bond donors (Lipinski definition) is 0. The molecule has 0 radical (unpaired) electrons.